The normalized spacial score (nSPS) is 9.81. The van der Waals surface area contributed by atoms with Crippen LogP contribution in [0, 0.1) is 25.2 Å². The highest BCUT2D eigenvalue weighted by Crippen LogP contribution is 2.24. The topological polar surface area (TPSA) is 74.5 Å². The smallest absolute Gasteiger partial charge is 0.188 e. The number of nitrogens with one attached hydrogen (secondary N) is 1. The molecule has 1 N–H and O–H groups in total. The molecular formula is C10H9N5S. The van der Waals surface area contributed by atoms with E-state index < -0.39 is 0 Å². The number of nitrogens with zero attached hydrogens (tertiary/aromatic N) is 4. The van der Waals surface area contributed by atoms with E-state index in [1.807, 2.05) is 19.9 Å². The number of nitriles is 1. The van der Waals surface area contributed by atoms with Gasteiger partial charge in [-0.1, -0.05) is 0 Å². The molecule has 0 radical (unpaired) electrons. The molecule has 6 heteroatoms. The van der Waals surface area contributed by atoms with E-state index in [1.165, 1.54) is 17.5 Å². The zero-order valence-electron chi connectivity index (χ0n) is 8.85. The summed E-state index contributed by atoms with van der Waals surface area (Å²) < 4.78 is 0. The van der Waals surface area contributed by atoms with Gasteiger partial charge in [0.05, 0.1) is 17.5 Å². The predicted molar refractivity (Wildman–Crippen MR) is 61.6 cm³/mol. The van der Waals surface area contributed by atoms with Crippen LogP contribution < -0.4 is 5.32 Å². The van der Waals surface area contributed by atoms with Gasteiger partial charge in [0.15, 0.2) is 10.9 Å². The molecule has 16 heavy (non-hydrogen) atoms. The zero-order chi connectivity index (χ0) is 11.5. The third kappa shape index (κ3) is 1.99. The molecule has 2 heterocycles. The number of anilines is 2. The summed E-state index contributed by atoms with van der Waals surface area (Å²) in [6, 6.07) is 3.66. The first-order valence-electron chi connectivity index (χ1n) is 4.63. The quantitative estimate of drug-likeness (QED) is 0.857. The maximum Gasteiger partial charge on any atom is 0.188 e. The summed E-state index contributed by atoms with van der Waals surface area (Å²) in [4.78, 5) is 5.45. The van der Waals surface area contributed by atoms with Crippen molar-refractivity contribution in [2.24, 2.45) is 0 Å². The van der Waals surface area contributed by atoms with Crippen LogP contribution in [0.15, 0.2) is 12.3 Å². The van der Waals surface area contributed by atoms with Crippen molar-refractivity contribution in [3.8, 4) is 6.07 Å². The number of aryl methyl sites for hydroxylation is 2. The lowest BCUT2D eigenvalue weighted by Crippen LogP contribution is -1.97. The van der Waals surface area contributed by atoms with Gasteiger partial charge in [-0.15, -0.1) is 16.4 Å². The fraction of sp³-hybridized carbons (Fsp3) is 0.200. The Labute approximate surface area is 96.8 Å². The summed E-state index contributed by atoms with van der Waals surface area (Å²) in [7, 11) is 0. The molecule has 0 unspecified atom stereocenters. The summed E-state index contributed by atoms with van der Waals surface area (Å²) in [5.41, 5.74) is 1.44. The molecule has 2 aromatic heterocycles. The Kier molecular flexibility index (Phi) is 2.79. The fourth-order valence-corrected chi connectivity index (χ4v) is 1.96. The Hall–Kier alpha value is -2.00. The number of hydrogen-bond acceptors (Lipinski definition) is 6. The van der Waals surface area contributed by atoms with Gasteiger partial charge in [-0.05, 0) is 19.9 Å². The second-order valence-corrected chi connectivity index (χ2v) is 4.39. The molecule has 0 aliphatic rings. The molecule has 0 amide bonds. The second kappa shape index (κ2) is 4.24. The zero-order valence-corrected chi connectivity index (χ0v) is 9.67. The molecule has 0 aliphatic carbocycles. The maximum atomic E-state index is 8.88. The first-order valence-corrected chi connectivity index (χ1v) is 5.45. The van der Waals surface area contributed by atoms with Gasteiger partial charge in [0.2, 0.25) is 0 Å². The third-order valence-corrected chi connectivity index (χ3v) is 3.08. The van der Waals surface area contributed by atoms with E-state index >= 15 is 0 Å². The van der Waals surface area contributed by atoms with Crippen LogP contribution in [0.4, 0.5) is 10.9 Å². The number of rotatable bonds is 2. The molecule has 5 nitrogen and oxygen atoms in total. The highest BCUT2D eigenvalue weighted by atomic mass is 32.1. The minimum atomic E-state index is 0.443. The van der Waals surface area contributed by atoms with Gasteiger partial charge in [-0.3, -0.25) is 0 Å². The van der Waals surface area contributed by atoms with Gasteiger partial charge >= 0.3 is 0 Å². The molecule has 80 valence electrons. The molecule has 0 saturated carbocycles. The van der Waals surface area contributed by atoms with Gasteiger partial charge in [0.25, 0.3) is 0 Å². The van der Waals surface area contributed by atoms with Crippen molar-refractivity contribution >= 4 is 22.3 Å². The molecule has 0 atom stereocenters. The number of thiazole rings is 1. The average molecular weight is 231 g/mol. The maximum absolute atomic E-state index is 8.88. The van der Waals surface area contributed by atoms with E-state index in [0.717, 1.165) is 15.7 Å². The van der Waals surface area contributed by atoms with E-state index in [-0.39, 0.29) is 0 Å². The Morgan fingerprint density at radius 3 is 2.88 bits per heavy atom. The minimum Gasteiger partial charge on any atom is -0.314 e. The van der Waals surface area contributed by atoms with Crippen LogP contribution in [0.2, 0.25) is 0 Å². The average Bonchev–Trinajstić information content (AvgIpc) is 2.59. The fourth-order valence-electron chi connectivity index (χ4n) is 1.14. The van der Waals surface area contributed by atoms with Gasteiger partial charge < -0.3 is 5.32 Å². The lowest BCUT2D eigenvalue weighted by molar-refractivity contribution is 1.03. The lowest BCUT2D eigenvalue weighted by atomic mass is 10.3. The van der Waals surface area contributed by atoms with Gasteiger partial charge in [0.1, 0.15) is 6.07 Å². The van der Waals surface area contributed by atoms with E-state index in [1.54, 1.807) is 6.07 Å². The van der Waals surface area contributed by atoms with Crippen molar-refractivity contribution in [2.75, 3.05) is 5.32 Å². The lowest BCUT2D eigenvalue weighted by Gasteiger charge is -2.00. The Morgan fingerprint density at radius 2 is 2.25 bits per heavy atom. The molecule has 0 aromatic carbocycles. The third-order valence-electron chi connectivity index (χ3n) is 2.10. The number of aromatic nitrogens is 3. The van der Waals surface area contributed by atoms with E-state index in [4.69, 9.17) is 5.26 Å². The summed E-state index contributed by atoms with van der Waals surface area (Å²) in [6.45, 7) is 3.94. The molecule has 2 rings (SSSR count). The SMILES string of the molecule is Cc1nc(Nc2nnccc2C#N)sc1C. The number of hydrogen-bond donors (Lipinski definition) is 1. The molecule has 0 saturated heterocycles. The molecule has 2 aromatic rings. The van der Waals surface area contributed by atoms with Gasteiger partial charge in [-0.2, -0.15) is 10.4 Å². The van der Waals surface area contributed by atoms with Crippen molar-refractivity contribution in [1.82, 2.24) is 15.2 Å². The van der Waals surface area contributed by atoms with Crippen molar-refractivity contribution in [3.05, 3.63) is 28.4 Å². The molecule has 0 fully saturated rings. The van der Waals surface area contributed by atoms with Crippen molar-refractivity contribution < 1.29 is 0 Å². The predicted octanol–water partition coefficient (Wildman–Crippen LogP) is 2.17. The van der Waals surface area contributed by atoms with E-state index in [9.17, 15) is 0 Å². The summed E-state index contributed by atoms with van der Waals surface area (Å²) in [5.74, 6) is 0.443. The Morgan fingerprint density at radius 1 is 1.44 bits per heavy atom. The highest BCUT2D eigenvalue weighted by molar-refractivity contribution is 7.15. The summed E-state index contributed by atoms with van der Waals surface area (Å²) in [5, 5.41) is 20.2. The molecule has 0 bridgehead atoms. The standard InChI is InChI=1S/C10H9N5S/c1-6-7(2)16-10(13-6)14-9-8(5-11)3-4-12-15-9/h3-4H,1-2H3,(H,13,14,15). The van der Waals surface area contributed by atoms with Crippen LogP contribution in [-0.2, 0) is 0 Å². The summed E-state index contributed by atoms with van der Waals surface area (Å²) in [6.07, 6.45) is 1.49. The van der Waals surface area contributed by atoms with Crippen LogP contribution in [0.25, 0.3) is 0 Å². The van der Waals surface area contributed by atoms with E-state index in [0.29, 0.717) is 11.4 Å². The largest absolute Gasteiger partial charge is 0.314 e. The summed E-state index contributed by atoms with van der Waals surface area (Å²) >= 11 is 1.53. The van der Waals surface area contributed by atoms with Gasteiger partial charge in [0, 0.05) is 4.88 Å². The van der Waals surface area contributed by atoms with Crippen LogP contribution in [0.5, 0.6) is 0 Å². The van der Waals surface area contributed by atoms with Crippen molar-refractivity contribution in [3.63, 3.8) is 0 Å². The second-order valence-electron chi connectivity index (χ2n) is 3.19. The van der Waals surface area contributed by atoms with Crippen molar-refractivity contribution in [1.29, 1.82) is 5.26 Å². The monoisotopic (exact) mass is 231 g/mol. The van der Waals surface area contributed by atoms with Crippen LogP contribution >= 0.6 is 11.3 Å². The van der Waals surface area contributed by atoms with E-state index in [2.05, 4.69) is 20.5 Å². The van der Waals surface area contributed by atoms with Crippen LogP contribution in [0.3, 0.4) is 0 Å². The Balaban J connectivity index is 2.31. The molecular weight excluding hydrogens is 222 g/mol. The van der Waals surface area contributed by atoms with Crippen molar-refractivity contribution in [2.45, 2.75) is 13.8 Å². The molecule has 0 aliphatic heterocycles. The minimum absolute atomic E-state index is 0.443. The Bertz CT molecular complexity index is 535. The highest BCUT2D eigenvalue weighted by Gasteiger charge is 2.07. The first kappa shape index (κ1) is 10.5. The molecule has 0 spiro atoms. The van der Waals surface area contributed by atoms with Gasteiger partial charge in [-0.25, -0.2) is 4.98 Å². The van der Waals surface area contributed by atoms with Crippen LogP contribution in [0.1, 0.15) is 16.1 Å². The first-order chi connectivity index (χ1) is 7.70. The van der Waals surface area contributed by atoms with Crippen LogP contribution in [-0.4, -0.2) is 15.2 Å².